The first kappa shape index (κ1) is 28.5. The zero-order valence-electron chi connectivity index (χ0n) is 23.5. The molecule has 6 rings (SSSR count). The van der Waals surface area contributed by atoms with Gasteiger partial charge in [-0.15, -0.1) is 0 Å². The summed E-state index contributed by atoms with van der Waals surface area (Å²) in [5, 5.41) is 16.7. The molecule has 0 saturated carbocycles. The van der Waals surface area contributed by atoms with Crippen LogP contribution >= 0.6 is 0 Å². The minimum Gasteiger partial charge on any atom is -0.342 e. The molecule has 44 heavy (non-hydrogen) atoms. The number of hydrogen-bond donors (Lipinski definition) is 2. The van der Waals surface area contributed by atoms with Gasteiger partial charge in [-0.05, 0) is 44.2 Å². The highest BCUT2D eigenvalue weighted by Crippen LogP contribution is 2.21. The summed E-state index contributed by atoms with van der Waals surface area (Å²) < 4.78 is 26.9. The van der Waals surface area contributed by atoms with E-state index in [1.807, 2.05) is 6.07 Å². The Morgan fingerprint density at radius 3 is 2.66 bits per heavy atom. The Balaban J connectivity index is 1.43. The molecule has 0 unspecified atom stereocenters. The van der Waals surface area contributed by atoms with E-state index < -0.39 is 27.8 Å². The Morgan fingerprint density at radius 2 is 1.89 bits per heavy atom. The molecule has 1 amide bonds. The van der Waals surface area contributed by atoms with Gasteiger partial charge in [-0.2, -0.15) is 10.2 Å². The zero-order chi connectivity index (χ0) is 31.0. The van der Waals surface area contributed by atoms with Crippen molar-refractivity contribution in [2.45, 2.75) is 25.8 Å². The lowest BCUT2D eigenvalue weighted by Gasteiger charge is -2.20. The van der Waals surface area contributed by atoms with Crippen LogP contribution in [0.15, 0.2) is 84.2 Å². The van der Waals surface area contributed by atoms with Crippen molar-refractivity contribution in [2.75, 3.05) is 0 Å². The van der Waals surface area contributed by atoms with Crippen LogP contribution in [-0.2, 0) is 15.9 Å². The van der Waals surface area contributed by atoms with Crippen LogP contribution in [0.2, 0.25) is 0 Å². The Morgan fingerprint density at radius 1 is 1.09 bits per heavy atom. The summed E-state index contributed by atoms with van der Waals surface area (Å²) in [7, 11) is -3.77. The van der Waals surface area contributed by atoms with E-state index in [0.29, 0.717) is 45.1 Å². The van der Waals surface area contributed by atoms with Crippen molar-refractivity contribution in [1.82, 2.24) is 39.2 Å². The molecule has 0 aliphatic heterocycles. The number of nitrogens with zero attached hydrogens (tertiary/aromatic N) is 7. The van der Waals surface area contributed by atoms with E-state index >= 15 is 0 Å². The Kier molecular flexibility index (Phi) is 7.25. The molecule has 220 valence electrons. The van der Waals surface area contributed by atoms with Crippen molar-refractivity contribution in [2.24, 2.45) is 5.14 Å². The molecular weight excluding hydrogens is 582 g/mol. The van der Waals surface area contributed by atoms with Crippen LogP contribution in [0.1, 0.15) is 46.0 Å². The summed E-state index contributed by atoms with van der Waals surface area (Å²) in [5.74, 6) is 5.36. The molecule has 0 aliphatic carbocycles. The van der Waals surface area contributed by atoms with Gasteiger partial charge in [-0.25, -0.2) is 28.0 Å². The quantitative estimate of drug-likeness (QED) is 0.271. The Hall–Kier alpha value is -5.65. The summed E-state index contributed by atoms with van der Waals surface area (Å²) in [6.07, 6.45) is 6.16. The third kappa shape index (κ3) is 5.56. The van der Waals surface area contributed by atoms with E-state index in [9.17, 15) is 18.0 Å². The standard InChI is InChI=1S/C30H25N9O4S/c1-19-25(28-32-14-7-15-38(28)36-19)29(40)34-20(2)27-35-24-11-6-8-22(13-12-21-16-33-37(17-21)18-44(31,42)43)26(24)30(41)39(27)23-9-4-3-5-10-23/h3-11,14-17,20H,18H2,1-2H3,(H,34,40)(H2,31,42,43)/t20-/m0/s1. The second-order valence-corrected chi connectivity index (χ2v) is 11.6. The monoisotopic (exact) mass is 607 g/mol. The fourth-order valence-electron chi connectivity index (χ4n) is 4.89. The van der Waals surface area contributed by atoms with Crippen molar-refractivity contribution in [3.63, 3.8) is 0 Å². The number of sulfonamides is 1. The minimum atomic E-state index is -3.77. The summed E-state index contributed by atoms with van der Waals surface area (Å²) in [5.41, 5.74) is 2.69. The molecule has 3 N–H and O–H groups in total. The van der Waals surface area contributed by atoms with Crippen molar-refractivity contribution in [1.29, 1.82) is 0 Å². The number of para-hydroxylation sites is 1. The van der Waals surface area contributed by atoms with Gasteiger partial charge in [-0.1, -0.05) is 36.1 Å². The van der Waals surface area contributed by atoms with Crippen LogP contribution in [-0.4, -0.2) is 48.3 Å². The molecule has 13 nitrogen and oxygen atoms in total. The van der Waals surface area contributed by atoms with Crippen molar-refractivity contribution in [3.8, 4) is 17.5 Å². The number of nitrogens with one attached hydrogen (secondary N) is 1. The number of rotatable bonds is 6. The van der Waals surface area contributed by atoms with Crippen LogP contribution in [0.4, 0.5) is 0 Å². The molecule has 0 bridgehead atoms. The number of hydrogen-bond acceptors (Lipinski definition) is 8. The van der Waals surface area contributed by atoms with Gasteiger partial charge >= 0.3 is 0 Å². The zero-order valence-corrected chi connectivity index (χ0v) is 24.4. The molecule has 6 aromatic rings. The maximum atomic E-state index is 14.2. The molecule has 0 fully saturated rings. The first-order valence-electron chi connectivity index (χ1n) is 13.4. The molecule has 1 atom stereocenters. The Labute approximate surface area is 251 Å². The number of amides is 1. The lowest BCUT2D eigenvalue weighted by atomic mass is 10.1. The number of carbonyl (C=O) groups is 1. The number of aromatic nitrogens is 7. The minimum absolute atomic E-state index is 0.283. The van der Waals surface area contributed by atoms with Crippen molar-refractivity contribution in [3.05, 3.63) is 118 Å². The lowest BCUT2D eigenvalue weighted by molar-refractivity contribution is 0.0938. The van der Waals surface area contributed by atoms with Gasteiger partial charge in [-0.3, -0.25) is 18.8 Å². The van der Waals surface area contributed by atoms with Gasteiger partial charge < -0.3 is 5.32 Å². The average molecular weight is 608 g/mol. The fraction of sp³-hybridized carbons (Fsp3) is 0.133. The third-order valence-electron chi connectivity index (χ3n) is 6.76. The van der Waals surface area contributed by atoms with Crippen LogP contribution in [0.25, 0.3) is 22.2 Å². The molecular formula is C30H25N9O4S. The lowest BCUT2D eigenvalue weighted by Crippen LogP contribution is -2.33. The summed E-state index contributed by atoms with van der Waals surface area (Å²) in [4.78, 5) is 36.8. The highest BCUT2D eigenvalue weighted by atomic mass is 32.2. The highest BCUT2D eigenvalue weighted by Gasteiger charge is 2.24. The molecule has 0 spiro atoms. The number of primary sulfonamides is 1. The molecule has 2 aromatic carbocycles. The summed E-state index contributed by atoms with van der Waals surface area (Å²) in [6.45, 7) is 3.48. The number of aryl methyl sites for hydroxylation is 1. The smallest absolute Gasteiger partial charge is 0.267 e. The number of carbonyl (C=O) groups excluding carboxylic acids is 1. The second kappa shape index (κ2) is 11.2. The van der Waals surface area contributed by atoms with E-state index in [1.54, 1.807) is 74.8 Å². The summed E-state index contributed by atoms with van der Waals surface area (Å²) >= 11 is 0. The Bertz CT molecular complexity index is 2300. The molecule has 0 radical (unpaired) electrons. The maximum absolute atomic E-state index is 14.2. The second-order valence-electron chi connectivity index (χ2n) is 10.00. The highest BCUT2D eigenvalue weighted by molar-refractivity contribution is 7.88. The van der Waals surface area contributed by atoms with E-state index in [-0.39, 0.29) is 10.9 Å². The first-order chi connectivity index (χ1) is 21.1. The number of fused-ring (bicyclic) bond motifs is 2. The predicted molar refractivity (Wildman–Crippen MR) is 162 cm³/mol. The van der Waals surface area contributed by atoms with Gasteiger partial charge in [0.15, 0.2) is 11.5 Å². The van der Waals surface area contributed by atoms with Gasteiger partial charge in [0, 0.05) is 24.2 Å². The normalized spacial score (nSPS) is 12.2. The first-order valence-corrected chi connectivity index (χ1v) is 15.1. The maximum Gasteiger partial charge on any atom is 0.267 e. The SMILES string of the molecule is Cc1nn2cccnc2c1C(=O)N[C@@H](C)c1nc2cccc(C#Cc3cnn(CS(N)(=O)=O)c3)c2c(=O)n1-c1ccccc1. The predicted octanol–water partition coefficient (Wildman–Crippen LogP) is 2.07. The van der Waals surface area contributed by atoms with E-state index in [2.05, 4.69) is 32.3 Å². The van der Waals surface area contributed by atoms with Crippen molar-refractivity contribution >= 4 is 32.5 Å². The van der Waals surface area contributed by atoms with Gasteiger partial charge in [0.25, 0.3) is 11.5 Å². The topological polar surface area (TPSA) is 172 Å². The third-order valence-corrected chi connectivity index (χ3v) is 7.38. The average Bonchev–Trinajstić information content (AvgIpc) is 3.57. The van der Waals surface area contributed by atoms with Gasteiger partial charge in [0.2, 0.25) is 10.0 Å². The van der Waals surface area contributed by atoms with E-state index in [1.165, 1.54) is 26.2 Å². The molecule has 4 aromatic heterocycles. The van der Waals surface area contributed by atoms with Crippen molar-refractivity contribution < 1.29 is 13.2 Å². The van der Waals surface area contributed by atoms with Crippen LogP contribution in [0.3, 0.4) is 0 Å². The molecule has 4 heterocycles. The molecule has 0 saturated heterocycles. The van der Waals surface area contributed by atoms with Gasteiger partial charge in [0.05, 0.1) is 40.1 Å². The summed E-state index contributed by atoms with van der Waals surface area (Å²) in [6, 6.07) is 15.2. The van der Waals surface area contributed by atoms with Crippen LogP contribution in [0.5, 0.6) is 0 Å². The van der Waals surface area contributed by atoms with Gasteiger partial charge in [0.1, 0.15) is 11.4 Å². The molecule has 14 heteroatoms. The van der Waals surface area contributed by atoms with Crippen LogP contribution in [0, 0.1) is 18.8 Å². The van der Waals surface area contributed by atoms with E-state index in [0.717, 1.165) is 0 Å². The fourth-order valence-corrected chi connectivity index (χ4v) is 5.40. The molecule has 0 aliphatic rings. The number of benzene rings is 2. The number of nitrogens with two attached hydrogens (primary N) is 1. The largest absolute Gasteiger partial charge is 0.342 e. The van der Waals surface area contributed by atoms with Crippen LogP contribution < -0.4 is 16.0 Å². The van der Waals surface area contributed by atoms with E-state index in [4.69, 9.17) is 10.1 Å².